The molecule has 18 heavy (non-hydrogen) atoms. The van der Waals surface area contributed by atoms with Gasteiger partial charge in [-0.05, 0) is 58.7 Å². The predicted molar refractivity (Wildman–Crippen MR) is 82.1 cm³/mol. The molecule has 0 saturated heterocycles. The van der Waals surface area contributed by atoms with Gasteiger partial charge in [-0.2, -0.15) is 0 Å². The average Bonchev–Trinajstić information content (AvgIpc) is 2.75. The lowest BCUT2D eigenvalue weighted by atomic mass is 10.1. The molecule has 2 aromatic rings. The molecule has 0 bridgehead atoms. The molecule has 0 saturated carbocycles. The van der Waals surface area contributed by atoms with Gasteiger partial charge in [-0.1, -0.05) is 15.9 Å². The zero-order chi connectivity index (χ0) is 13.1. The topological polar surface area (TPSA) is 29.1 Å². The molecular formula is C13H11Br2NOS. The van der Waals surface area contributed by atoms with Gasteiger partial charge in [-0.25, -0.2) is 0 Å². The summed E-state index contributed by atoms with van der Waals surface area (Å²) < 4.78 is 2.09. The number of carbonyl (C=O) groups is 1. The van der Waals surface area contributed by atoms with Crippen LogP contribution in [0.1, 0.15) is 20.8 Å². The minimum atomic E-state index is -0.0462. The Hall–Kier alpha value is -0.650. The summed E-state index contributed by atoms with van der Waals surface area (Å²) in [5.41, 5.74) is 1.74. The van der Waals surface area contributed by atoms with E-state index in [2.05, 4.69) is 37.2 Å². The van der Waals surface area contributed by atoms with Gasteiger partial charge in [0.25, 0.3) is 5.91 Å². The van der Waals surface area contributed by atoms with Crippen molar-refractivity contribution >= 4 is 49.1 Å². The summed E-state index contributed by atoms with van der Waals surface area (Å²) in [6.07, 6.45) is 0. The fourth-order valence-electron chi connectivity index (χ4n) is 1.50. The molecule has 2 nitrogen and oxygen atoms in total. The Morgan fingerprint density at radius 1 is 1.28 bits per heavy atom. The van der Waals surface area contributed by atoms with Crippen LogP contribution in [0.2, 0.25) is 0 Å². The Balaban J connectivity index is 2.01. The fourth-order valence-corrected chi connectivity index (χ4v) is 3.17. The number of rotatable bonds is 3. The zero-order valence-electron chi connectivity index (χ0n) is 9.67. The first-order valence-electron chi connectivity index (χ1n) is 5.35. The third kappa shape index (κ3) is 3.43. The maximum Gasteiger partial charge on any atom is 0.251 e. The quantitative estimate of drug-likeness (QED) is 0.823. The second-order valence-electron chi connectivity index (χ2n) is 3.85. The van der Waals surface area contributed by atoms with Gasteiger partial charge in [0, 0.05) is 14.9 Å². The molecular weight excluding hydrogens is 378 g/mol. The van der Waals surface area contributed by atoms with E-state index in [4.69, 9.17) is 0 Å². The van der Waals surface area contributed by atoms with Crippen molar-refractivity contribution in [2.45, 2.75) is 13.5 Å². The lowest BCUT2D eigenvalue weighted by molar-refractivity contribution is 0.0951. The van der Waals surface area contributed by atoms with Crippen molar-refractivity contribution in [2.24, 2.45) is 0 Å². The van der Waals surface area contributed by atoms with Crippen LogP contribution >= 0.6 is 43.2 Å². The minimum Gasteiger partial charge on any atom is -0.347 e. The minimum absolute atomic E-state index is 0.0462. The highest BCUT2D eigenvalue weighted by Crippen LogP contribution is 2.22. The van der Waals surface area contributed by atoms with E-state index < -0.39 is 0 Å². The highest BCUT2D eigenvalue weighted by Gasteiger charge is 2.07. The van der Waals surface area contributed by atoms with Crippen LogP contribution in [0.5, 0.6) is 0 Å². The van der Waals surface area contributed by atoms with Gasteiger partial charge in [0.15, 0.2) is 0 Å². The second kappa shape index (κ2) is 5.99. The number of hydrogen-bond donors (Lipinski definition) is 1. The molecule has 94 valence electrons. The van der Waals surface area contributed by atoms with Gasteiger partial charge in [0.2, 0.25) is 0 Å². The van der Waals surface area contributed by atoms with Crippen LogP contribution in [-0.4, -0.2) is 5.91 Å². The second-order valence-corrected chi connectivity index (χ2v) is 7.25. The van der Waals surface area contributed by atoms with Crippen LogP contribution in [0.3, 0.4) is 0 Å². The fraction of sp³-hybridized carbons (Fsp3) is 0.154. The van der Waals surface area contributed by atoms with E-state index in [1.54, 1.807) is 11.3 Å². The molecule has 1 aromatic carbocycles. The van der Waals surface area contributed by atoms with E-state index in [-0.39, 0.29) is 5.91 Å². The lowest BCUT2D eigenvalue weighted by Gasteiger charge is -2.05. The summed E-state index contributed by atoms with van der Waals surface area (Å²) >= 11 is 8.45. The number of carbonyl (C=O) groups excluding carboxylic acids is 1. The highest BCUT2D eigenvalue weighted by atomic mass is 79.9. The van der Waals surface area contributed by atoms with E-state index in [1.165, 1.54) is 0 Å². The van der Waals surface area contributed by atoms with Crippen LogP contribution in [-0.2, 0) is 6.54 Å². The molecule has 0 atom stereocenters. The van der Waals surface area contributed by atoms with Crippen molar-refractivity contribution in [3.63, 3.8) is 0 Å². The largest absolute Gasteiger partial charge is 0.347 e. The number of amides is 1. The van der Waals surface area contributed by atoms with Crippen LogP contribution in [0.25, 0.3) is 0 Å². The van der Waals surface area contributed by atoms with E-state index in [0.717, 1.165) is 18.7 Å². The summed E-state index contributed by atoms with van der Waals surface area (Å²) in [7, 11) is 0. The molecule has 5 heteroatoms. The first kappa shape index (κ1) is 13.8. The number of thiophene rings is 1. The van der Waals surface area contributed by atoms with E-state index in [0.29, 0.717) is 12.1 Å². The molecule has 0 unspecified atom stereocenters. The van der Waals surface area contributed by atoms with Crippen molar-refractivity contribution in [1.29, 1.82) is 0 Å². The van der Waals surface area contributed by atoms with E-state index >= 15 is 0 Å². The molecule has 2 rings (SSSR count). The van der Waals surface area contributed by atoms with Crippen molar-refractivity contribution < 1.29 is 4.79 Å². The zero-order valence-corrected chi connectivity index (χ0v) is 13.7. The highest BCUT2D eigenvalue weighted by molar-refractivity contribution is 9.11. The van der Waals surface area contributed by atoms with Crippen LogP contribution in [0.15, 0.2) is 38.6 Å². The number of halogens is 2. The number of nitrogens with one attached hydrogen (secondary N) is 1. The van der Waals surface area contributed by atoms with Crippen molar-refractivity contribution in [2.75, 3.05) is 0 Å². The molecule has 0 radical (unpaired) electrons. The summed E-state index contributed by atoms with van der Waals surface area (Å²) in [6.45, 7) is 2.53. The normalized spacial score (nSPS) is 10.4. The summed E-state index contributed by atoms with van der Waals surface area (Å²) in [4.78, 5) is 13.1. The SMILES string of the molecule is Cc1cc(C(=O)NCc2ccc(Br)s2)ccc1Br. The smallest absolute Gasteiger partial charge is 0.251 e. The van der Waals surface area contributed by atoms with Crippen molar-refractivity contribution in [3.8, 4) is 0 Å². The molecule has 0 spiro atoms. The third-order valence-corrected chi connectivity index (χ3v) is 4.99. The molecule has 1 heterocycles. The number of benzene rings is 1. The van der Waals surface area contributed by atoms with Crippen LogP contribution in [0.4, 0.5) is 0 Å². The molecule has 1 amide bonds. The first-order chi connectivity index (χ1) is 8.56. The van der Waals surface area contributed by atoms with Gasteiger partial charge in [0.1, 0.15) is 0 Å². The van der Waals surface area contributed by atoms with E-state index in [1.807, 2.05) is 37.3 Å². The standard InChI is InChI=1S/C13H11Br2NOS/c1-8-6-9(2-4-11(8)14)13(17)16-7-10-3-5-12(15)18-10/h2-6H,7H2,1H3,(H,16,17). The van der Waals surface area contributed by atoms with Gasteiger partial charge < -0.3 is 5.32 Å². The Bertz CT molecular complexity index is 580. The Labute approximate surface area is 127 Å². The maximum absolute atomic E-state index is 12.0. The Morgan fingerprint density at radius 3 is 2.67 bits per heavy atom. The van der Waals surface area contributed by atoms with Crippen molar-refractivity contribution in [3.05, 3.63) is 54.6 Å². The number of aryl methyl sites for hydroxylation is 1. The average molecular weight is 389 g/mol. The first-order valence-corrected chi connectivity index (χ1v) is 7.75. The molecule has 0 fully saturated rings. The van der Waals surface area contributed by atoms with Crippen LogP contribution in [0, 0.1) is 6.92 Å². The summed E-state index contributed by atoms with van der Waals surface area (Å²) in [5, 5.41) is 2.91. The van der Waals surface area contributed by atoms with Gasteiger partial charge in [0.05, 0.1) is 10.3 Å². The Kier molecular flexibility index (Phi) is 4.59. The molecule has 1 N–H and O–H groups in total. The van der Waals surface area contributed by atoms with Crippen molar-refractivity contribution in [1.82, 2.24) is 5.32 Å². The van der Waals surface area contributed by atoms with Gasteiger partial charge in [-0.3, -0.25) is 4.79 Å². The number of hydrogen-bond acceptors (Lipinski definition) is 2. The van der Waals surface area contributed by atoms with Gasteiger partial charge >= 0.3 is 0 Å². The van der Waals surface area contributed by atoms with E-state index in [9.17, 15) is 4.79 Å². The summed E-state index contributed by atoms with van der Waals surface area (Å²) in [5.74, 6) is -0.0462. The molecule has 1 aromatic heterocycles. The summed E-state index contributed by atoms with van der Waals surface area (Å²) in [6, 6.07) is 9.57. The lowest BCUT2D eigenvalue weighted by Crippen LogP contribution is -2.22. The Morgan fingerprint density at radius 2 is 2.06 bits per heavy atom. The third-order valence-electron chi connectivity index (χ3n) is 2.47. The maximum atomic E-state index is 12.0. The molecule has 0 aliphatic heterocycles. The van der Waals surface area contributed by atoms with Gasteiger partial charge in [-0.15, -0.1) is 11.3 Å². The monoisotopic (exact) mass is 387 g/mol. The predicted octanol–water partition coefficient (Wildman–Crippen LogP) is 4.51. The molecule has 0 aliphatic carbocycles. The molecule has 0 aliphatic rings. The van der Waals surface area contributed by atoms with Crippen LogP contribution < -0.4 is 5.32 Å².